The van der Waals surface area contributed by atoms with Gasteiger partial charge in [-0.25, -0.2) is 0 Å². The Bertz CT molecular complexity index is 154. The van der Waals surface area contributed by atoms with Crippen molar-refractivity contribution in [3.8, 4) is 0 Å². The molecule has 0 aromatic rings. The highest BCUT2D eigenvalue weighted by Crippen LogP contribution is 2.25. The number of Topliss-reactive ketones (excluding diaryl/α,β-unsaturated/α-hetero) is 1. The maximum absolute atomic E-state index is 11.3. The topological polar surface area (TPSA) is 26.3 Å². The number of rotatable bonds is 0. The summed E-state index contributed by atoms with van der Waals surface area (Å²) in [4.78, 5) is 10.6. The minimum absolute atomic E-state index is 0.110. The highest BCUT2D eigenvalue weighted by molar-refractivity contribution is 6.34. The fourth-order valence-corrected chi connectivity index (χ4v) is 1.40. The van der Waals surface area contributed by atoms with Crippen LogP contribution in [0.4, 0.5) is 0 Å². The summed E-state index contributed by atoms with van der Waals surface area (Å²) in [6.45, 7) is 3.05. The Balaban J connectivity index is 2.54. The van der Waals surface area contributed by atoms with Gasteiger partial charge in [0.1, 0.15) is 4.87 Å². The van der Waals surface area contributed by atoms with Gasteiger partial charge in [-0.05, 0) is 19.8 Å². The second kappa shape index (κ2) is 3.55. The summed E-state index contributed by atoms with van der Waals surface area (Å²) >= 11 is 5.99. The van der Waals surface area contributed by atoms with Crippen molar-refractivity contribution in [2.45, 2.75) is 31.1 Å². The Kier molecular flexibility index (Phi) is 2.90. The molecule has 0 aromatic carbocycles. The van der Waals surface area contributed by atoms with Gasteiger partial charge in [-0.15, -0.1) is 11.6 Å². The van der Waals surface area contributed by atoms with E-state index in [2.05, 4.69) is 0 Å². The van der Waals surface area contributed by atoms with E-state index in [4.69, 9.17) is 16.3 Å². The van der Waals surface area contributed by atoms with Crippen LogP contribution in [0, 0.1) is 0 Å². The largest absolute Gasteiger partial charge is 0.381 e. The van der Waals surface area contributed by atoms with Crippen molar-refractivity contribution in [2.75, 3.05) is 13.2 Å². The molecule has 0 aliphatic carbocycles. The summed E-state index contributed by atoms with van der Waals surface area (Å²) < 4.78 is 5.16. The van der Waals surface area contributed by atoms with E-state index in [-0.39, 0.29) is 5.78 Å². The molecule has 1 rings (SSSR count). The Hall–Kier alpha value is -0.0800. The van der Waals surface area contributed by atoms with Crippen LogP contribution in [0.5, 0.6) is 0 Å². The van der Waals surface area contributed by atoms with Crippen molar-refractivity contribution in [3.05, 3.63) is 0 Å². The fourth-order valence-electron chi connectivity index (χ4n) is 1.17. The third-order valence-electron chi connectivity index (χ3n) is 1.99. The van der Waals surface area contributed by atoms with Crippen molar-refractivity contribution in [1.29, 1.82) is 0 Å². The first-order chi connectivity index (χ1) is 5.13. The lowest BCUT2D eigenvalue weighted by Crippen LogP contribution is -2.31. The minimum Gasteiger partial charge on any atom is -0.381 e. The number of halogens is 1. The first-order valence-corrected chi connectivity index (χ1v) is 4.31. The minimum atomic E-state index is -0.635. The first kappa shape index (κ1) is 9.01. The maximum Gasteiger partial charge on any atom is 0.155 e. The van der Waals surface area contributed by atoms with Gasteiger partial charge in [0.25, 0.3) is 0 Å². The van der Waals surface area contributed by atoms with E-state index in [1.165, 1.54) is 0 Å². The molecule has 1 saturated heterocycles. The van der Waals surface area contributed by atoms with Gasteiger partial charge in [0.15, 0.2) is 5.78 Å². The van der Waals surface area contributed by atoms with Crippen molar-refractivity contribution in [2.24, 2.45) is 0 Å². The molecule has 1 fully saturated rings. The molecule has 1 heterocycles. The summed E-state index contributed by atoms with van der Waals surface area (Å²) in [5, 5.41) is 0. The molecule has 0 radical (unpaired) electrons. The molecular formula is C8H13ClO2. The van der Waals surface area contributed by atoms with Gasteiger partial charge in [-0.1, -0.05) is 0 Å². The average Bonchev–Trinajstić information content (AvgIpc) is 1.93. The zero-order chi connectivity index (χ0) is 8.32. The summed E-state index contributed by atoms with van der Waals surface area (Å²) in [5.74, 6) is 0.110. The van der Waals surface area contributed by atoms with E-state index in [9.17, 15) is 4.79 Å². The van der Waals surface area contributed by atoms with Crippen LogP contribution < -0.4 is 0 Å². The van der Waals surface area contributed by atoms with E-state index in [1.54, 1.807) is 6.92 Å². The molecule has 1 aliphatic heterocycles. The Morgan fingerprint density at radius 2 is 2.27 bits per heavy atom. The summed E-state index contributed by atoms with van der Waals surface area (Å²) in [6.07, 6.45) is 2.07. The molecule has 0 spiro atoms. The van der Waals surface area contributed by atoms with Crippen molar-refractivity contribution in [1.82, 2.24) is 0 Å². The standard InChI is InChI=1S/C8H13ClO2/c1-8(9)4-2-5-11-6-3-7(8)10/h2-6H2,1H3. The van der Waals surface area contributed by atoms with Gasteiger partial charge >= 0.3 is 0 Å². The lowest BCUT2D eigenvalue weighted by molar-refractivity contribution is -0.123. The second-order valence-electron chi connectivity index (χ2n) is 3.09. The molecule has 11 heavy (non-hydrogen) atoms. The highest BCUT2D eigenvalue weighted by atomic mass is 35.5. The zero-order valence-corrected chi connectivity index (χ0v) is 7.49. The zero-order valence-electron chi connectivity index (χ0n) is 6.73. The van der Waals surface area contributed by atoms with Gasteiger partial charge < -0.3 is 4.74 Å². The predicted molar refractivity (Wildman–Crippen MR) is 43.9 cm³/mol. The Morgan fingerprint density at radius 1 is 1.55 bits per heavy atom. The molecule has 0 N–H and O–H groups in total. The van der Waals surface area contributed by atoms with E-state index >= 15 is 0 Å². The van der Waals surface area contributed by atoms with Crippen LogP contribution in [0.25, 0.3) is 0 Å². The van der Waals surface area contributed by atoms with Crippen LogP contribution in [0.2, 0.25) is 0 Å². The van der Waals surface area contributed by atoms with Gasteiger partial charge in [0.05, 0.1) is 6.61 Å². The molecule has 1 aliphatic rings. The number of carbonyl (C=O) groups excluding carboxylic acids is 1. The molecule has 1 unspecified atom stereocenters. The van der Waals surface area contributed by atoms with Crippen LogP contribution in [-0.4, -0.2) is 23.9 Å². The normalized spacial score (nSPS) is 34.5. The second-order valence-corrected chi connectivity index (χ2v) is 3.92. The average molecular weight is 177 g/mol. The number of hydrogen-bond donors (Lipinski definition) is 0. The lowest BCUT2D eigenvalue weighted by atomic mass is 9.97. The van der Waals surface area contributed by atoms with Crippen LogP contribution in [0.3, 0.4) is 0 Å². The smallest absolute Gasteiger partial charge is 0.155 e. The van der Waals surface area contributed by atoms with Crippen LogP contribution >= 0.6 is 11.6 Å². The monoisotopic (exact) mass is 176 g/mol. The molecular weight excluding hydrogens is 164 g/mol. The first-order valence-electron chi connectivity index (χ1n) is 3.93. The molecule has 0 bridgehead atoms. The summed E-state index contributed by atoms with van der Waals surface area (Å²) in [7, 11) is 0. The number of hydrogen-bond acceptors (Lipinski definition) is 2. The van der Waals surface area contributed by atoms with Gasteiger partial charge in [0, 0.05) is 13.0 Å². The molecule has 0 amide bonds. The predicted octanol–water partition coefficient (Wildman–Crippen LogP) is 1.75. The quantitative estimate of drug-likeness (QED) is 0.526. The van der Waals surface area contributed by atoms with Crippen molar-refractivity contribution >= 4 is 17.4 Å². The number of ketones is 1. The molecule has 3 heteroatoms. The van der Waals surface area contributed by atoms with Gasteiger partial charge in [-0.3, -0.25) is 4.79 Å². The SMILES string of the molecule is CC1(Cl)CCCOCCC1=O. The van der Waals surface area contributed by atoms with Crippen LogP contribution in [0.1, 0.15) is 26.2 Å². The van der Waals surface area contributed by atoms with E-state index in [1.807, 2.05) is 0 Å². The number of carbonyl (C=O) groups is 1. The van der Waals surface area contributed by atoms with Gasteiger partial charge in [-0.2, -0.15) is 0 Å². The van der Waals surface area contributed by atoms with Crippen LogP contribution in [-0.2, 0) is 9.53 Å². The maximum atomic E-state index is 11.3. The Morgan fingerprint density at radius 3 is 3.00 bits per heavy atom. The third-order valence-corrected chi connectivity index (χ3v) is 2.39. The van der Waals surface area contributed by atoms with Crippen LogP contribution in [0.15, 0.2) is 0 Å². The van der Waals surface area contributed by atoms with E-state index in [0.717, 1.165) is 19.4 Å². The number of ether oxygens (including phenoxy) is 1. The van der Waals surface area contributed by atoms with Crippen molar-refractivity contribution in [3.63, 3.8) is 0 Å². The lowest BCUT2D eigenvalue weighted by Gasteiger charge is -2.22. The molecule has 1 atom stereocenters. The summed E-state index contributed by atoms with van der Waals surface area (Å²) in [5.41, 5.74) is 0. The van der Waals surface area contributed by atoms with Gasteiger partial charge in [0.2, 0.25) is 0 Å². The Labute approximate surface area is 71.9 Å². The molecule has 0 aromatic heterocycles. The van der Waals surface area contributed by atoms with E-state index in [0.29, 0.717) is 13.0 Å². The molecule has 0 saturated carbocycles. The number of alkyl halides is 1. The summed E-state index contributed by atoms with van der Waals surface area (Å²) in [6, 6.07) is 0. The highest BCUT2D eigenvalue weighted by Gasteiger charge is 2.30. The van der Waals surface area contributed by atoms with E-state index < -0.39 is 4.87 Å². The third kappa shape index (κ3) is 2.46. The molecule has 64 valence electrons. The molecule has 2 nitrogen and oxygen atoms in total. The van der Waals surface area contributed by atoms with Crippen molar-refractivity contribution < 1.29 is 9.53 Å². The fraction of sp³-hybridized carbons (Fsp3) is 0.875.